The highest BCUT2D eigenvalue weighted by molar-refractivity contribution is 5.79. The zero-order chi connectivity index (χ0) is 20.9. The molecule has 0 aliphatic heterocycles. The lowest BCUT2D eigenvalue weighted by Gasteiger charge is -2.12. The van der Waals surface area contributed by atoms with E-state index in [1.54, 1.807) is 0 Å². The van der Waals surface area contributed by atoms with Crippen molar-refractivity contribution >= 4 is 29.7 Å². The number of amides is 2. The van der Waals surface area contributed by atoms with Crippen LogP contribution in [0.5, 0.6) is 0 Å². The van der Waals surface area contributed by atoms with Gasteiger partial charge in [-0.3, -0.25) is 24.0 Å². The van der Waals surface area contributed by atoms with Crippen LogP contribution in [0, 0.1) is 0 Å². The van der Waals surface area contributed by atoms with Crippen molar-refractivity contribution in [2.75, 3.05) is 6.61 Å². The van der Waals surface area contributed by atoms with Crippen molar-refractivity contribution in [1.29, 1.82) is 0 Å². The van der Waals surface area contributed by atoms with Crippen molar-refractivity contribution in [2.45, 2.75) is 43.8 Å². The van der Waals surface area contributed by atoms with E-state index >= 15 is 0 Å². The highest BCUT2D eigenvalue weighted by atomic mass is 16.5. The molecule has 0 bridgehead atoms. The molecule has 0 heterocycles. The second kappa shape index (κ2) is 13.5. The van der Waals surface area contributed by atoms with Crippen LogP contribution < -0.4 is 28.7 Å². The Kier molecular flexibility index (Phi) is 13.2. The molecular formula is C13H25N5O8. The molecule has 0 spiro atoms. The second-order valence-electron chi connectivity index (χ2n) is 5.14. The Balaban J connectivity index is 0. The number of hydrogen-bond acceptors (Lipinski definition) is 9. The van der Waals surface area contributed by atoms with Crippen molar-refractivity contribution in [3.63, 3.8) is 0 Å². The lowest BCUT2D eigenvalue weighted by molar-refractivity contribution is -0.149. The highest BCUT2D eigenvalue weighted by Crippen LogP contribution is 1.97. The van der Waals surface area contributed by atoms with Gasteiger partial charge in [0.15, 0.2) is 0 Å². The number of nitrogens with two attached hydrogens (primary N) is 5. The van der Waals surface area contributed by atoms with Crippen molar-refractivity contribution in [3.8, 4) is 0 Å². The summed E-state index contributed by atoms with van der Waals surface area (Å²) in [5.41, 5.74) is 25.1. The molecule has 0 aliphatic rings. The summed E-state index contributed by atoms with van der Waals surface area (Å²) in [6.07, 6.45) is 0.135. The predicted molar refractivity (Wildman–Crippen MR) is 87.0 cm³/mol. The zero-order valence-corrected chi connectivity index (χ0v) is 14.0. The summed E-state index contributed by atoms with van der Waals surface area (Å²) in [6.45, 7) is -0.460. The van der Waals surface area contributed by atoms with Gasteiger partial charge in [-0.25, -0.2) is 0 Å². The minimum Gasteiger partial charge on any atom is -0.480 e. The Morgan fingerprint density at radius 2 is 1.12 bits per heavy atom. The fourth-order valence-corrected chi connectivity index (χ4v) is 1.19. The van der Waals surface area contributed by atoms with Crippen LogP contribution in [0.15, 0.2) is 0 Å². The van der Waals surface area contributed by atoms with Crippen molar-refractivity contribution in [2.24, 2.45) is 28.7 Å². The monoisotopic (exact) mass is 379 g/mol. The van der Waals surface area contributed by atoms with E-state index in [-0.39, 0.29) is 25.7 Å². The molecule has 12 N–H and O–H groups in total. The molecule has 26 heavy (non-hydrogen) atoms. The predicted octanol–water partition coefficient (Wildman–Crippen LogP) is -3.80. The van der Waals surface area contributed by atoms with Crippen LogP contribution in [0.4, 0.5) is 0 Å². The molecule has 0 saturated carbocycles. The number of rotatable bonds is 11. The van der Waals surface area contributed by atoms with Crippen LogP contribution in [0.25, 0.3) is 0 Å². The lowest BCUT2D eigenvalue weighted by Crippen LogP contribution is -2.39. The van der Waals surface area contributed by atoms with E-state index in [1.807, 2.05) is 0 Å². The quantitative estimate of drug-likeness (QED) is 0.171. The van der Waals surface area contributed by atoms with E-state index < -0.39 is 54.5 Å². The van der Waals surface area contributed by atoms with E-state index in [2.05, 4.69) is 4.74 Å². The third-order valence-electron chi connectivity index (χ3n) is 2.75. The fraction of sp³-hybridized carbons (Fsp3) is 0.615. The van der Waals surface area contributed by atoms with Gasteiger partial charge in [0, 0.05) is 12.8 Å². The van der Waals surface area contributed by atoms with Gasteiger partial charge in [-0.1, -0.05) is 0 Å². The SMILES string of the molecule is NC(=O)CC[C@H](N)C(=O)O.NC(=O)CC[C@H](N)C(=O)OC[C@H](N)C(=O)O. The average Bonchev–Trinajstić information content (AvgIpc) is 2.54. The third-order valence-corrected chi connectivity index (χ3v) is 2.75. The number of ether oxygens (including phenoxy) is 1. The first-order valence-electron chi connectivity index (χ1n) is 7.34. The summed E-state index contributed by atoms with van der Waals surface area (Å²) in [5, 5.41) is 16.6. The standard InChI is InChI=1S/C8H15N3O5.C5H10N2O3/c9-4(1-2-6(11)12)8(15)16-3-5(10)7(13)14;6-3(5(9)10)1-2-4(7)8/h4-5H,1-3,9-10H2,(H2,11,12)(H,13,14);3H,1-2,6H2,(H2,7,8)(H,9,10)/t4-,5-;3-/m00/s1. The average molecular weight is 379 g/mol. The van der Waals surface area contributed by atoms with Gasteiger partial charge in [0.25, 0.3) is 0 Å². The van der Waals surface area contributed by atoms with Crippen LogP contribution in [0.1, 0.15) is 25.7 Å². The fourth-order valence-electron chi connectivity index (χ4n) is 1.19. The first-order valence-corrected chi connectivity index (χ1v) is 7.34. The Labute approximate surface area is 148 Å². The van der Waals surface area contributed by atoms with Gasteiger partial charge in [0.05, 0.1) is 0 Å². The number of carbonyl (C=O) groups is 5. The van der Waals surface area contributed by atoms with Gasteiger partial charge in [0.2, 0.25) is 11.8 Å². The summed E-state index contributed by atoms with van der Waals surface area (Å²) in [6, 6.07) is -3.27. The number of hydrogen-bond donors (Lipinski definition) is 7. The van der Waals surface area contributed by atoms with Crippen molar-refractivity contribution in [3.05, 3.63) is 0 Å². The van der Waals surface area contributed by atoms with Crippen LogP contribution >= 0.6 is 0 Å². The number of carboxylic acid groups (broad SMARTS) is 2. The van der Waals surface area contributed by atoms with Crippen molar-refractivity contribution < 1.29 is 38.9 Å². The summed E-state index contributed by atoms with van der Waals surface area (Å²) >= 11 is 0. The zero-order valence-electron chi connectivity index (χ0n) is 14.0. The Bertz CT molecular complexity index is 513. The number of primary amides is 2. The number of esters is 1. The number of aliphatic carboxylic acids is 2. The van der Waals surface area contributed by atoms with Crippen LogP contribution in [0.3, 0.4) is 0 Å². The Morgan fingerprint density at radius 3 is 1.46 bits per heavy atom. The van der Waals surface area contributed by atoms with Crippen LogP contribution in [0.2, 0.25) is 0 Å². The minimum atomic E-state index is -1.28. The van der Waals surface area contributed by atoms with E-state index in [0.29, 0.717) is 0 Å². The minimum absolute atomic E-state index is 0.0213. The van der Waals surface area contributed by atoms with Gasteiger partial charge in [0.1, 0.15) is 24.7 Å². The van der Waals surface area contributed by atoms with Gasteiger partial charge >= 0.3 is 17.9 Å². The molecule has 2 amide bonds. The summed E-state index contributed by atoms with van der Waals surface area (Å²) in [5.74, 6) is -4.31. The van der Waals surface area contributed by atoms with Gasteiger partial charge in [-0.05, 0) is 12.8 Å². The molecule has 0 aromatic heterocycles. The smallest absolute Gasteiger partial charge is 0.324 e. The third kappa shape index (κ3) is 14.8. The second-order valence-corrected chi connectivity index (χ2v) is 5.14. The molecule has 13 heteroatoms. The largest absolute Gasteiger partial charge is 0.480 e. The topological polar surface area (TPSA) is 265 Å². The number of carbonyl (C=O) groups excluding carboxylic acids is 3. The molecule has 0 radical (unpaired) electrons. The molecule has 0 fully saturated rings. The lowest BCUT2D eigenvalue weighted by atomic mass is 10.1. The van der Waals surface area contributed by atoms with E-state index in [1.165, 1.54) is 0 Å². The molecule has 0 aromatic carbocycles. The summed E-state index contributed by atoms with van der Waals surface area (Å²) < 4.78 is 4.54. The summed E-state index contributed by atoms with van der Waals surface area (Å²) in [7, 11) is 0. The van der Waals surface area contributed by atoms with Gasteiger partial charge in [-0.15, -0.1) is 0 Å². The molecule has 0 aromatic rings. The van der Waals surface area contributed by atoms with Gasteiger partial charge in [-0.2, -0.15) is 0 Å². The molecule has 0 aliphatic carbocycles. The van der Waals surface area contributed by atoms with Crippen LogP contribution in [-0.4, -0.2) is 64.7 Å². The maximum absolute atomic E-state index is 11.1. The highest BCUT2D eigenvalue weighted by Gasteiger charge is 2.19. The molecule has 3 atom stereocenters. The molecule has 0 unspecified atom stereocenters. The first kappa shape index (κ1) is 25.5. The van der Waals surface area contributed by atoms with Crippen molar-refractivity contribution in [1.82, 2.24) is 0 Å². The maximum Gasteiger partial charge on any atom is 0.324 e. The maximum atomic E-state index is 11.1. The molecule has 150 valence electrons. The Hall–Kier alpha value is -2.77. The molecule has 0 rings (SSSR count). The van der Waals surface area contributed by atoms with E-state index in [9.17, 15) is 24.0 Å². The van der Waals surface area contributed by atoms with Gasteiger partial charge < -0.3 is 43.6 Å². The number of carboxylic acids is 2. The first-order chi connectivity index (χ1) is 11.9. The molecular weight excluding hydrogens is 354 g/mol. The van der Waals surface area contributed by atoms with E-state index in [4.69, 9.17) is 38.9 Å². The molecule has 0 saturated heterocycles. The van der Waals surface area contributed by atoms with Crippen LogP contribution in [-0.2, 0) is 28.7 Å². The summed E-state index contributed by atoms with van der Waals surface area (Å²) in [4.78, 5) is 52.0. The normalized spacial score (nSPS) is 13.3. The van der Waals surface area contributed by atoms with E-state index in [0.717, 1.165) is 0 Å². The Morgan fingerprint density at radius 1 is 0.731 bits per heavy atom. The molecule has 13 nitrogen and oxygen atoms in total.